The molecule has 1 aliphatic heterocycles. The summed E-state index contributed by atoms with van der Waals surface area (Å²) in [5.41, 5.74) is -0.0249. The summed E-state index contributed by atoms with van der Waals surface area (Å²) >= 11 is 0. The summed E-state index contributed by atoms with van der Waals surface area (Å²) in [5, 5.41) is 2.68. The molecule has 1 heterocycles. The molecular formula is C20H23F3N2O3. The SMILES string of the molecule is O=C(CCN1C(=O)C2CCCCC2C1=O)NCCc1ccc(C(F)(F)F)cc1. The van der Waals surface area contributed by atoms with Gasteiger partial charge in [0.1, 0.15) is 0 Å². The Morgan fingerprint density at radius 3 is 2.14 bits per heavy atom. The van der Waals surface area contributed by atoms with Gasteiger partial charge in [-0.3, -0.25) is 19.3 Å². The number of benzene rings is 1. The Morgan fingerprint density at radius 2 is 1.61 bits per heavy atom. The molecule has 2 aliphatic rings. The van der Waals surface area contributed by atoms with Crippen molar-refractivity contribution >= 4 is 17.7 Å². The van der Waals surface area contributed by atoms with Crippen molar-refractivity contribution in [3.8, 4) is 0 Å². The molecule has 1 aliphatic carbocycles. The largest absolute Gasteiger partial charge is 0.416 e. The molecule has 8 heteroatoms. The molecule has 0 radical (unpaired) electrons. The van der Waals surface area contributed by atoms with Crippen LogP contribution in [-0.4, -0.2) is 35.7 Å². The highest BCUT2D eigenvalue weighted by atomic mass is 19.4. The van der Waals surface area contributed by atoms with Gasteiger partial charge in [0, 0.05) is 19.5 Å². The number of carbonyl (C=O) groups excluding carboxylic acids is 3. The number of nitrogens with zero attached hydrogens (tertiary/aromatic N) is 1. The monoisotopic (exact) mass is 396 g/mol. The molecule has 2 atom stereocenters. The van der Waals surface area contributed by atoms with Crippen LogP contribution in [0.3, 0.4) is 0 Å². The van der Waals surface area contributed by atoms with Crippen molar-refractivity contribution in [3.63, 3.8) is 0 Å². The van der Waals surface area contributed by atoms with Crippen LogP contribution in [-0.2, 0) is 27.0 Å². The Balaban J connectivity index is 1.41. The first-order chi connectivity index (χ1) is 13.3. The standard InChI is InChI=1S/C20H23F3N2O3/c21-20(22,23)14-7-5-13(6-8-14)9-11-24-17(26)10-12-25-18(27)15-3-1-2-4-16(15)19(25)28/h5-8,15-16H,1-4,9-12H2,(H,24,26). The molecule has 1 saturated heterocycles. The molecule has 0 bridgehead atoms. The number of imide groups is 1. The van der Waals surface area contributed by atoms with Crippen LogP contribution in [0.2, 0.25) is 0 Å². The second-order valence-electron chi connectivity index (χ2n) is 7.37. The third-order valence-electron chi connectivity index (χ3n) is 5.51. The number of halogens is 3. The van der Waals surface area contributed by atoms with Crippen LogP contribution in [0, 0.1) is 11.8 Å². The summed E-state index contributed by atoms with van der Waals surface area (Å²) < 4.78 is 37.6. The van der Waals surface area contributed by atoms with E-state index in [1.807, 2.05) is 0 Å². The van der Waals surface area contributed by atoms with Crippen LogP contribution >= 0.6 is 0 Å². The van der Waals surface area contributed by atoms with Crippen molar-refractivity contribution in [2.75, 3.05) is 13.1 Å². The number of alkyl halides is 3. The van der Waals surface area contributed by atoms with Gasteiger partial charge in [0.15, 0.2) is 0 Å². The van der Waals surface area contributed by atoms with E-state index < -0.39 is 11.7 Å². The molecule has 2 unspecified atom stereocenters. The van der Waals surface area contributed by atoms with Crippen LogP contribution in [0.1, 0.15) is 43.2 Å². The minimum Gasteiger partial charge on any atom is -0.356 e. The number of carbonyl (C=O) groups is 3. The quantitative estimate of drug-likeness (QED) is 0.752. The maximum absolute atomic E-state index is 12.5. The average molecular weight is 396 g/mol. The van der Waals surface area contributed by atoms with Crippen molar-refractivity contribution in [2.45, 2.75) is 44.7 Å². The molecule has 1 N–H and O–H groups in total. The minimum atomic E-state index is -4.37. The summed E-state index contributed by atoms with van der Waals surface area (Å²) in [6.45, 7) is 0.355. The van der Waals surface area contributed by atoms with Gasteiger partial charge in [0.2, 0.25) is 17.7 Å². The smallest absolute Gasteiger partial charge is 0.356 e. The molecule has 2 fully saturated rings. The maximum atomic E-state index is 12.5. The fourth-order valence-electron chi connectivity index (χ4n) is 3.96. The number of hydrogen-bond acceptors (Lipinski definition) is 3. The topological polar surface area (TPSA) is 66.5 Å². The number of likely N-dealkylation sites (tertiary alicyclic amines) is 1. The lowest BCUT2D eigenvalue weighted by Gasteiger charge is -2.19. The van der Waals surface area contributed by atoms with E-state index in [1.165, 1.54) is 17.0 Å². The van der Waals surface area contributed by atoms with Gasteiger partial charge >= 0.3 is 6.18 Å². The number of amides is 3. The lowest BCUT2D eigenvalue weighted by Crippen LogP contribution is -2.35. The summed E-state index contributed by atoms with van der Waals surface area (Å²) in [7, 11) is 0. The second kappa shape index (κ2) is 8.32. The van der Waals surface area contributed by atoms with Gasteiger partial charge < -0.3 is 5.32 Å². The van der Waals surface area contributed by atoms with Crippen LogP contribution < -0.4 is 5.32 Å². The fraction of sp³-hybridized carbons (Fsp3) is 0.550. The summed E-state index contributed by atoms with van der Waals surface area (Å²) in [6, 6.07) is 4.80. The molecule has 5 nitrogen and oxygen atoms in total. The van der Waals surface area contributed by atoms with Gasteiger partial charge in [-0.25, -0.2) is 0 Å². The minimum absolute atomic E-state index is 0.0317. The van der Waals surface area contributed by atoms with Crippen LogP contribution in [0.25, 0.3) is 0 Å². The van der Waals surface area contributed by atoms with Crippen LogP contribution in [0.5, 0.6) is 0 Å². The fourth-order valence-corrected chi connectivity index (χ4v) is 3.96. The third kappa shape index (κ3) is 4.54. The zero-order valence-corrected chi connectivity index (χ0v) is 15.4. The van der Waals surface area contributed by atoms with E-state index >= 15 is 0 Å². The molecule has 3 amide bonds. The molecule has 1 saturated carbocycles. The Morgan fingerprint density at radius 1 is 1.04 bits per heavy atom. The predicted molar refractivity (Wildman–Crippen MR) is 94.9 cm³/mol. The molecule has 1 aromatic rings. The second-order valence-corrected chi connectivity index (χ2v) is 7.37. The number of rotatable bonds is 6. The summed E-state index contributed by atoms with van der Waals surface area (Å²) in [6.07, 6.45) is -0.540. The van der Waals surface area contributed by atoms with Gasteiger partial charge in [-0.05, 0) is 37.0 Å². The first-order valence-corrected chi connectivity index (χ1v) is 9.55. The summed E-state index contributed by atoms with van der Waals surface area (Å²) in [5.74, 6) is -1.05. The molecule has 0 spiro atoms. The van der Waals surface area contributed by atoms with E-state index in [9.17, 15) is 27.6 Å². The van der Waals surface area contributed by atoms with Gasteiger partial charge in [0.25, 0.3) is 0 Å². The van der Waals surface area contributed by atoms with Crippen molar-refractivity contribution in [1.82, 2.24) is 10.2 Å². The molecule has 152 valence electrons. The van der Waals surface area contributed by atoms with E-state index in [0.717, 1.165) is 37.8 Å². The lowest BCUT2D eigenvalue weighted by atomic mass is 9.81. The molecule has 0 aromatic heterocycles. The maximum Gasteiger partial charge on any atom is 0.416 e. The Hall–Kier alpha value is -2.38. The van der Waals surface area contributed by atoms with E-state index in [-0.39, 0.29) is 49.1 Å². The van der Waals surface area contributed by atoms with Crippen molar-refractivity contribution in [1.29, 1.82) is 0 Å². The summed E-state index contributed by atoms with van der Waals surface area (Å²) in [4.78, 5) is 37.9. The zero-order chi connectivity index (χ0) is 20.3. The number of hydrogen-bond donors (Lipinski definition) is 1. The normalized spacial score (nSPS) is 22.3. The van der Waals surface area contributed by atoms with Gasteiger partial charge in [0.05, 0.1) is 17.4 Å². The van der Waals surface area contributed by atoms with E-state index in [2.05, 4.69) is 5.32 Å². The van der Waals surface area contributed by atoms with Gasteiger partial charge in [-0.15, -0.1) is 0 Å². The highest BCUT2D eigenvalue weighted by Gasteiger charge is 2.47. The average Bonchev–Trinajstić information content (AvgIpc) is 2.91. The van der Waals surface area contributed by atoms with Gasteiger partial charge in [-0.1, -0.05) is 25.0 Å². The molecule has 28 heavy (non-hydrogen) atoms. The molecule has 1 aromatic carbocycles. The van der Waals surface area contributed by atoms with Crippen LogP contribution in [0.15, 0.2) is 24.3 Å². The van der Waals surface area contributed by atoms with Crippen molar-refractivity contribution < 1.29 is 27.6 Å². The van der Waals surface area contributed by atoms with Crippen molar-refractivity contribution in [3.05, 3.63) is 35.4 Å². The van der Waals surface area contributed by atoms with Crippen molar-refractivity contribution in [2.24, 2.45) is 11.8 Å². The first kappa shape index (κ1) is 20.4. The van der Waals surface area contributed by atoms with E-state index in [0.29, 0.717) is 12.0 Å². The Labute approximate surface area is 161 Å². The number of fused-ring (bicyclic) bond motifs is 1. The highest BCUT2D eigenvalue weighted by molar-refractivity contribution is 6.05. The molecular weight excluding hydrogens is 373 g/mol. The highest BCUT2D eigenvalue weighted by Crippen LogP contribution is 2.38. The Kier molecular flexibility index (Phi) is 6.05. The first-order valence-electron chi connectivity index (χ1n) is 9.55. The van der Waals surface area contributed by atoms with E-state index in [4.69, 9.17) is 0 Å². The van der Waals surface area contributed by atoms with E-state index in [1.54, 1.807) is 0 Å². The number of nitrogens with one attached hydrogen (secondary N) is 1. The predicted octanol–water partition coefficient (Wildman–Crippen LogP) is 2.93. The van der Waals surface area contributed by atoms with Crippen LogP contribution in [0.4, 0.5) is 13.2 Å². The van der Waals surface area contributed by atoms with Gasteiger partial charge in [-0.2, -0.15) is 13.2 Å². The molecule has 3 rings (SSSR count). The Bertz CT molecular complexity index is 722. The zero-order valence-electron chi connectivity index (χ0n) is 15.4. The lowest BCUT2D eigenvalue weighted by molar-refractivity contribution is -0.140. The third-order valence-corrected chi connectivity index (χ3v) is 5.51.